The molecule has 1 aromatic heterocycles. The summed E-state index contributed by atoms with van der Waals surface area (Å²) >= 11 is 0. The first-order chi connectivity index (χ1) is 5.29. The summed E-state index contributed by atoms with van der Waals surface area (Å²) in [5, 5.41) is 2.68. The van der Waals surface area contributed by atoms with Crippen LogP contribution in [0.4, 0.5) is 0 Å². The normalized spacial score (nSPS) is 15.2. The molecule has 1 aliphatic rings. The number of carbonyl (C=O) groups excluding carboxylic acids is 1. The first-order valence-corrected chi connectivity index (χ1v) is 3.49. The summed E-state index contributed by atoms with van der Waals surface area (Å²) in [7, 11) is 0. The van der Waals surface area contributed by atoms with Crippen LogP contribution < -0.4 is 10.7 Å². The molecule has 0 aliphatic carbocycles. The number of aromatic nitrogens is 1. The zero-order valence-electron chi connectivity index (χ0n) is 6.22. The standard InChI is InChI=1S/C7H9N3O/c1-5-2-3-6-7(11)8-4-9-10(5)6/h2-3,9H,4H2,1H3,(H,8,11). The van der Waals surface area contributed by atoms with Crippen molar-refractivity contribution in [3.63, 3.8) is 0 Å². The van der Waals surface area contributed by atoms with Crippen molar-refractivity contribution in [2.45, 2.75) is 6.92 Å². The Morgan fingerprint density at radius 3 is 3.09 bits per heavy atom. The fraction of sp³-hybridized carbons (Fsp3) is 0.286. The predicted molar refractivity (Wildman–Crippen MR) is 40.9 cm³/mol. The maximum atomic E-state index is 11.1. The van der Waals surface area contributed by atoms with Gasteiger partial charge in [-0.05, 0) is 19.1 Å². The third-order valence-corrected chi connectivity index (χ3v) is 1.79. The number of carbonyl (C=O) groups is 1. The topological polar surface area (TPSA) is 46.1 Å². The average Bonchev–Trinajstić information content (AvgIpc) is 2.35. The van der Waals surface area contributed by atoms with E-state index in [1.807, 2.05) is 13.0 Å². The lowest BCUT2D eigenvalue weighted by Gasteiger charge is -2.19. The quantitative estimate of drug-likeness (QED) is 0.550. The van der Waals surface area contributed by atoms with E-state index in [9.17, 15) is 4.79 Å². The van der Waals surface area contributed by atoms with Crippen LogP contribution in [0.25, 0.3) is 0 Å². The SMILES string of the molecule is Cc1ccc2n1NCNC2=O. The highest BCUT2D eigenvalue weighted by atomic mass is 16.2. The number of rotatable bonds is 0. The molecule has 0 unspecified atom stereocenters. The fourth-order valence-electron chi connectivity index (χ4n) is 1.22. The molecule has 11 heavy (non-hydrogen) atoms. The summed E-state index contributed by atoms with van der Waals surface area (Å²) in [6, 6.07) is 3.71. The van der Waals surface area contributed by atoms with E-state index in [2.05, 4.69) is 10.7 Å². The zero-order chi connectivity index (χ0) is 7.84. The lowest BCUT2D eigenvalue weighted by molar-refractivity contribution is 0.0936. The Morgan fingerprint density at radius 2 is 2.36 bits per heavy atom. The van der Waals surface area contributed by atoms with Gasteiger partial charge >= 0.3 is 0 Å². The lowest BCUT2D eigenvalue weighted by Crippen LogP contribution is -2.41. The first-order valence-electron chi connectivity index (χ1n) is 3.49. The van der Waals surface area contributed by atoms with Crippen LogP contribution in [0, 0.1) is 6.92 Å². The molecule has 1 aromatic rings. The summed E-state index contributed by atoms with van der Waals surface area (Å²) in [5.41, 5.74) is 4.75. The molecular weight excluding hydrogens is 142 g/mol. The number of nitrogens with zero attached hydrogens (tertiary/aromatic N) is 1. The summed E-state index contributed by atoms with van der Waals surface area (Å²) < 4.78 is 1.79. The van der Waals surface area contributed by atoms with Crippen LogP contribution in [-0.2, 0) is 0 Å². The van der Waals surface area contributed by atoms with Crippen molar-refractivity contribution in [3.8, 4) is 0 Å². The minimum Gasteiger partial charge on any atom is -0.332 e. The molecule has 4 heteroatoms. The molecule has 0 atom stereocenters. The van der Waals surface area contributed by atoms with Crippen molar-refractivity contribution in [2.24, 2.45) is 0 Å². The Hall–Kier alpha value is -1.45. The molecule has 2 N–H and O–H groups in total. The van der Waals surface area contributed by atoms with Crippen LogP contribution in [-0.4, -0.2) is 17.3 Å². The predicted octanol–water partition coefficient (Wildman–Crippen LogP) is 0.0409. The van der Waals surface area contributed by atoms with E-state index in [1.165, 1.54) is 0 Å². The molecule has 1 amide bonds. The van der Waals surface area contributed by atoms with Crippen LogP contribution in [0.1, 0.15) is 16.2 Å². The van der Waals surface area contributed by atoms with Gasteiger partial charge in [0.1, 0.15) is 12.4 Å². The van der Waals surface area contributed by atoms with Crippen molar-refractivity contribution < 1.29 is 4.79 Å². The Morgan fingerprint density at radius 1 is 1.55 bits per heavy atom. The molecule has 2 rings (SSSR count). The molecular formula is C7H9N3O. The molecule has 58 valence electrons. The van der Waals surface area contributed by atoms with Crippen molar-refractivity contribution in [1.29, 1.82) is 0 Å². The second-order valence-electron chi connectivity index (χ2n) is 2.54. The van der Waals surface area contributed by atoms with Gasteiger partial charge < -0.3 is 10.7 Å². The number of hydrogen-bond donors (Lipinski definition) is 2. The van der Waals surface area contributed by atoms with Gasteiger partial charge in [0, 0.05) is 5.69 Å². The number of fused-ring (bicyclic) bond motifs is 1. The molecule has 2 heterocycles. The molecule has 0 spiro atoms. The molecule has 1 aliphatic heterocycles. The average molecular weight is 151 g/mol. The van der Waals surface area contributed by atoms with E-state index in [-0.39, 0.29) is 5.91 Å². The highest BCUT2D eigenvalue weighted by Crippen LogP contribution is 2.07. The first kappa shape index (κ1) is 6.27. The molecule has 0 aromatic carbocycles. The highest BCUT2D eigenvalue weighted by molar-refractivity contribution is 5.93. The van der Waals surface area contributed by atoms with Crippen molar-refractivity contribution >= 4 is 5.91 Å². The molecule has 0 fully saturated rings. The van der Waals surface area contributed by atoms with Gasteiger partial charge in [0.2, 0.25) is 0 Å². The van der Waals surface area contributed by atoms with Gasteiger partial charge in [-0.1, -0.05) is 0 Å². The van der Waals surface area contributed by atoms with E-state index in [0.717, 1.165) is 5.69 Å². The van der Waals surface area contributed by atoms with Crippen molar-refractivity contribution in [1.82, 2.24) is 9.99 Å². The lowest BCUT2D eigenvalue weighted by atomic mass is 10.4. The summed E-state index contributed by atoms with van der Waals surface area (Å²) in [6.07, 6.45) is 0. The van der Waals surface area contributed by atoms with Gasteiger partial charge in [-0.2, -0.15) is 0 Å². The van der Waals surface area contributed by atoms with Crippen molar-refractivity contribution in [2.75, 3.05) is 12.1 Å². The van der Waals surface area contributed by atoms with E-state index in [0.29, 0.717) is 12.4 Å². The van der Waals surface area contributed by atoms with Gasteiger partial charge in [-0.15, -0.1) is 0 Å². The minimum absolute atomic E-state index is 0.0168. The highest BCUT2D eigenvalue weighted by Gasteiger charge is 2.16. The van der Waals surface area contributed by atoms with Gasteiger partial charge in [0.15, 0.2) is 0 Å². The Bertz CT molecular complexity index is 303. The number of aryl methyl sites for hydroxylation is 1. The van der Waals surface area contributed by atoms with Crippen LogP contribution >= 0.6 is 0 Å². The number of hydrogen-bond acceptors (Lipinski definition) is 2. The zero-order valence-corrected chi connectivity index (χ0v) is 6.22. The van der Waals surface area contributed by atoms with E-state index in [4.69, 9.17) is 0 Å². The maximum Gasteiger partial charge on any atom is 0.271 e. The molecule has 0 bridgehead atoms. The summed E-state index contributed by atoms with van der Waals surface area (Å²) in [4.78, 5) is 11.1. The van der Waals surface area contributed by atoms with Gasteiger partial charge in [-0.25, -0.2) is 0 Å². The van der Waals surface area contributed by atoms with Crippen LogP contribution in [0.2, 0.25) is 0 Å². The summed E-state index contributed by atoms with van der Waals surface area (Å²) in [6.45, 7) is 2.45. The molecule has 0 saturated carbocycles. The fourth-order valence-corrected chi connectivity index (χ4v) is 1.22. The van der Waals surface area contributed by atoms with Gasteiger partial charge in [0.25, 0.3) is 5.91 Å². The van der Waals surface area contributed by atoms with E-state index >= 15 is 0 Å². The molecule has 4 nitrogen and oxygen atoms in total. The smallest absolute Gasteiger partial charge is 0.271 e. The summed E-state index contributed by atoms with van der Waals surface area (Å²) in [5.74, 6) is -0.0168. The van der Waals surface area contributed by atoms with Crippen LogP contribution in [0.15, 0.2) is 12.1 Å². The third-order valence-electron chi connectivity index (χ3n) is 1.79. The second-order valence-corrected chi connectivity index (χ2v) is 2.54. The molecule has 0 saturated heterocycles. The monoisotopic (exact) mass is 151 g/mol. The van der Waals surface area contributed by atoms with Crippen LogP contribution in [0.5, 0.6) is 0 Å². The largest absolute Gasteiger partial charge is 0.332 e. The second kappa shape index (κ2) is 2.02. The Balaban J connectivity index is 2.55. The number of amides is 1. The third kappa shape index (κ3) is 0.790. The molecule has 0 radical (unpaired) electrons. The minimum atomic E-state index is -0.0168. The van der Waals surface area contributed by atoms with E-state index < -0.39 is 0 Å². The number of nitrogens with one attached hydrogen (secondary N) is 2. The maximum absolute atomic E-state index is 11.1. The Kier molecular flexibility index (Phi) is 1.15. The van der Waals surface area contributed by atoms with E-state index in [1.54, 1.807) is 10.7 Å². The Labute approximate surface area is 64.2 Å². The van der Waals surface area contributed by atoms with Crippen molar-refractivity contribution in [3.05, 3.63) is 23.5 Å². The van der Waals surface area contributed by atoms with Gasteiger partial charge in [-0.3, -0.25) is 9.47 Å². The van der Waals surface area contributed by atoms with Gasteiger partial charge in [0.05, 0.1) is 0 Å². The van der Waals surface area contributed by atoms with Crippen LogP contribution in [0.3, 0.4) is 0 Å².